The minimum Gasteiger partial charge on any atom is -0.487 e. The predicted molar refractivity (Wildman–Crippen MR) is 118 cm³/mol. The van der Waals surface area contributed by atoms with E-state index in [-0.39, 0.29) is 12.3 Å². The van der Waals surface area contributed by atoms with Crippen molar-refractivity contribution in [3.8, 4) is 5.75 Å². The Labute approximate surface area is 184 Å². The van der Waals surface area contributed by atoms with Crippen molar-refractivity contribution < 1.29 is 22.3 Å². The van der Waals surface area contributed by atoms with Crippen molar-refractivity contribution in [2.24, 2.45) is 5.73 Å². The number of fused-ring (bicyclic) bond motifs is 1. The normalized spacial score (nSPS) is 19.5. The number of anilines is 1. The first-order chi connectivity index (χ1) is 14.6. The molecule has 8 nitrogen and oxygen atoms in total. The highest BCUT2D eigenvalue weighted by molar-refractivity contribution is 7.88. The zero-order valence-electron chi connectivity index (χ0n) is 17.1. The van der Waals surface area contributed by atoms with Crippen LogP contribution in [0.5, 0.6) is 5.75 Å². The molecule has 2 aromatic rings. The Bertz CT molecular complexity index is 1160. The molecule has 31 heavy (non-hydrogen) atoms. The Hall–Kier alpha value is -2.63. The van der Waals surface area contributed by atoms with Crippen LogP contribution in [-0.4, -0.2) is 49.1 Å². The Morgan fingerprint density at radius 1 is 1.35 bits per heavy atom. The average Bonchev–Trinajstić information content (AvgIpc) is 3.34. The molecule has 3 heterocycles. The molecular weight excluding hydrogens is 443 g/mol. The molecule has 2 aliphatic rings. The standard InChI is InChI=1S/C20H23FN4O4S2/c1-12-19(15-6-8-30-18(15)11-25(12)20(22)26)23-16-4-3-13(21)9-17(16)29-14-5-7-24(10-14)31(2,27)28/h3-4,6,8-9,14,23H,5,7,10-11H2,1-2H3,(H2,22,26). The largest absolute Gasteiger partial charge is 0.487 e. The van der Waals surface area contributed by atoms with Crippen molar-refractivity contribution in [1.29, 1.82) is 0 Å². The van der Waals surface area contributed by atoms with Gasteiger partial charge in [-0.1, -0.05) is 0 Å². The number of sulfonamides is 1. The number of carbonyl (C=O) groups excluding carboxylic acids is 1. The lowest BCUT2D eigenvalue weighted by Crippen LogP contribution is -2.36. The summed E-state index contributed by atoms with van der Waals surface area (Å²) in [6.07, 6.45) is 1.28. The second-order valence-electron chi connectivity index (χ2n) is 7.56. The molecule has 4 rings (SSSR count). The number of halogens is 1. The Balaban J connectivity index is 1.64. The molecule has 2 aliphatic heterocycles. The first-order valence-electron chi connectivity index (χ1n) is 9.66. The van der Waals surface area contributed by atoms with Gasteiger partial charge in [-0.15, -0.1) is 11.3 Å². The van der Waals surface area contributed by atoms with Gasteiger partial charge in [0.2, 0.25) is 10.0 Å². The number of nitrogens with zero attached hydrogens (tertiary/aromatic N) is 2. The fourth-order valence-electron chi connectivity index (χ4n) is 3.79. The van der Waals surface area contributed by atoms with Crippen molar-refractivity contribution in [3.05, 3.63) is 51.6 Å². The van der Waals surface area contributed by atoms with E-state index in [1.54, 1.807) is 13.0 Å². The van der Waals surface area contributed by atoms with Gasteiger partial charge >= 0.3 is 6.03 Å². The third-order valence-corrected chi connectivity index (χ3v) is 7.60. The Morgan fingerprint density at radius 2 is 2.13 bits per heavy atom. The molecule has 2 amide bonds. The second-order valence-corrected chi connectivity index (χ2v) is 10.5. The minimum atomic E-state index is -3.31. The quantitative estimate of drug-likeness (QED) is 0.705. The molecule has 1 fully saturated rings. The van der Waals surface area contributed by atoms with Gasteiger partial charge in [0.25, 0.3) is 0 Å². The maximum absolute atomic E-state index is 14.0. The van der Waals surface area contributed by atoms with Gasteiger partial charge < -0.3 is 15.8 Å². The maximum Gasteiger partial charge on any atom is 0.319 e. The van der Waals surface area contributed by atoms with E-state index in [1.807, 2.05) is 11.4 Å². The predicted octanol–water partition coefficient (Wildman–Crippen LogP) is 2.99. The number of carbonyl (C=O) groups is 1. The number of ether oxygens (including phenoxy) is 1. The number of thiophene rings is 1. The molecule has 0 saturated carbocycles. The van der Waals surface area contributed by atoms with Crippen LogP contribution >= 0.6 is 11.3 Å². The van der Waals surface area contributed by atoms with Crippen LogP contribution in [0, 0.1) is 5.82 Å². The number of nitrogens with two attached hydrogens (primary N) is 1. The van der Waals surface area contributed by atoms with E-state index in [2.05, 4.69) is 5.32 Å². The lowest BCUT2D eigenvalue weighted by molar-refractivity contribution is 0.216. The zero-order valence-corrected chi connectivity index (χ0v) is 18.7. The van der Waals surface area contributed by atoms with E-state index >= 15 is 0 Å². The molecule has 0 bridgehead atoms. The molecule has 1 unspecified atom stereocenters. The number of allylic oxidation sites excluding steroid dienone is 1. The highest BCUT2D eigenvalue weighted by Crippen LogP contribution is 2.38. The highest BCUT2D eigenvalue weighted by Gasteiger charge is 2.31. The third kappa shape index (κ3) is 4.39. The van der Waals surface area contributed by atoms with Gasteiger partial charge in [0.05, 0.1) is 30.7 Å². The van der Waals surface area contributed by atoms with Crippen LogP contribution in [0.1, 0.15) is 23.8 Å². The molecular formula is C20H23FN4O4S2. The number of urea groups is 1. The van der Waals surface area contributed by atoms with Crippen molar-refractivity contribution in [2.75, 3.05) is 24.7 Å². The van der Waals surface area contributed by atoms with E-state index in [4.69, 9.17) is 10.5 Å². The van der Waals surface area contributed by atoms with Crippen LogP contribution < -0.4 is 15.8 Å². The summed E-state index contributed by atoms with van der Waals surface area (Å²) in [5, 5.41) is 5.22. The topological polar surface area (TPSA) is 105 Å². The Kier molecular flexibility index (Phi) is 5.67. The lowest BCUT2D eigenvalue weighted by atomic mass is 10.1. The summed E-state index contributed by atoms with van der Waals surface area (Å²) in [7, 11) is -3.31. The number of primary amides is 1. The van der Waals surface area contributed by atoms with Gasteiger partial charge in [-0.2, -0.15) is 4.31 Å². The summed E-state index contributed by atoms with van der Waals surface area (Å²) in [5.41, 5.74) is 8.34. The fourth-order valence-corrected chi connectivity index (χ4v) is 5.53. The van der Waals surface area contributed by atoms with Crippen LogP contribution in [0.25, 0.3) is 5.70 Å². The molecule has 11 heteroatoms. The third-order valence-electron chi connectivity index (χ3n) is 5.42. The van der Waals surface area contributed by atoms with Crippen molar-refractivity contribution >= 4 is 38.8 Å². The molecule has 0 spiro atoms. The van der Waals surface area contributed by atoms with Crippen molar-refractivity contribution in [3.63, 3.8) is 0 Å². The number of nitrogens with one attached hydrogen (secondary N) is 1. The van der Waals surface area contributed by atoms with Gasteiger partial charge in [0, 0.05) is 28.7 Å². The van der Waals surface area contributed by atoms with Gasteiger partial charge in [0.1, 0.15) is 17.7 Å². The molecule has 1 aromatic carbocycles. The first kappa shape index (κ1) is 21.6. The van der Waals surface area contributed by atoms with Crippen LogP contribution in [0.3, 0.4) is 0 Å². The van der Waals surface area contributed by atoms with Crippen LogP contribution in [0.4, 0.5) is 14.9 Å². The van der Waals surface area contributed by atoms with Crippen LogP contribution in [0.15, 0.2) is 35.3 Å². The van der Waals surface area contributed by atoms with Crippen molar-refractivity contribution in [1.82, 2.24) is 9.21 Å². The van der Waals surface area contributed by atoms with Crippen molar-refractivity contribution in [2.45, 2.75) is 26.0 Å². The minimum absolute atomic E-state index is 0.209. The van der Waals surface area contributed by atoms with E-state index in [9.17, 15) is 17.6 Å². The zero-order chi connectivity index (χ0) is 22.3. The van der Waals surface area contributed by atoms with E-state index in [0.717, 1.165) is 16.7 Å². The monoisotopic (exact) mass is 466 g/mol. The molecule has 1 saturated heterocycles. The second kappa shape index (κ2) is 8.13. The molecule has 0 aliphatic carbocycles. The number of amides is 2. The van der Waals surface area contributed by atoms with Gasteiger partial charge in [0.15, 0.2) is 0 Å². The molecule has 0 radical (unpaired) electrons. The summed E-state index contributed by atoms with van der Waals surface area (Å²) in [5.74, 6) is -0.198. The smallest absolute Gasteiger partial charge is 0.319 e. The maximum atomic E-state index is 14.0. The fraction of sp³-hybridized carbons (Fsp3) is 0.350. The highest BCUT2D eigenvalue weighted by atomic mass is 32.2. The summed E-state index contributed by atoms with van der Waals surface area (Å²) < 4.78 is 44.9. The number of hydrogen-bond donors (Lipinski definition) is 2. The first-order valence-corrected chi connectivity index (χ1v) is 12.4. The molecule has 166 valence electrons. The summed E-state index contributed by atoms with van der Waals surface area (Å²) in [6, 6.07) is 5.54. The van der Waals surface area contributed by atoms with Crippen LogP contribution in [0.2, 0.25) is 0 Å². The molecule has 3 N–H and O–H groups in total. The number of rotatable bonds is 5. The van der Waals surface area contributed by atoms with E-state index in [1.165, 1.54) is 32.7 Å². The molecule has 1 aromatic heterocycles. The average molecular weight is 467 g/mol. The summed E-state index contributed by atoms with van der Waals surface area (Å²) >= 11 is 1.52. The van der Waals surface area contributed by atoms with Crippen LogP contribution in [-0.2, 0) is 16.6 Å². The lowest BCUT2D eigenvalue weighted by Gasteiger charge is -2.30. The molecule has 1 atom stereocenters. The van der Waals surface area contributed by atoms with Gasteiger partial charge in [-0.05, 0) is 36.9 Å². The van der Waals surface area contributed by atoms with E-state index in [0.29, 0.717) is 36.6 Å². The summed E-state index contributed by atoms with van der Waals surface area (Å²) in [6.45, 7) is 2.76. The van der Waals surface area contributed by atoms with E-state index < -0.39 is 28.0 Å². The number of hydrogen-bond acceptors (Lipinski definition) is 6. The number of benzene rings is 1. The summed E-state index contributed by atoms with van der Waals surface area (Å²) in [4.78, 5) is 14.4. The SMILES string of the molecule is CC1=C(Nc2ccc(F)cc2OC2CCN(S(C)(=O)=O)C2)c2ccsc2CN1C(N)=O. The Morgan fingerprint density at radius 3 is 2.81 bits per heavy atom. The van der Waals surface area contributed by atoms with Gasteiger partial charge in [-0.3, -0.25) is 4.90 Å². The van der Waals surface area contributed by atoms with Gasteiger partial charge in [-0.25, -0.2) is 17.6 Å².